The van der Waals surface area contributed by atoms with Gasteiger partial charge in [-0.05, 0) is 92.1 Å². The van der Waals surface area contributed by atoms with E-state index < -0.39 is 17.2 Å². The van der Waals surface area contributed by atoms with Gasteiger partial charge in [-0.25, -0.2) is 4.39 Å². The summed E-state index contributed by atoms with van der Waals surface area (Å²) in [6.45, 7) is 6.84. The number of carbonyl (C=O) groups is 2. The van der Waals surface area contributed by atoms with Gasteiger partial charge in [0.2, 0.25) is 0 Å². The molecule has 1 N–H and O–H groups in total. The number of nitrogens with zero attached hydrogens (tertiary/aromatic N) is 1. The van der Waals surface area contributed by atoms with Crippen LogP contribution in [0.4, 0.5) is 17.6 Å². The summed E-state index contributed by atoms with van der Waals surface area (Å²) in [5.41, 5.74) is 1.33. The van der Waals surface area contributed by atoms with E-state index in [9.17, 15) is 27.2 Å². The topological polar surface area (TPSA) is 58.6 Å². The van der Waals surface area contributed by atoms with Crippen LogP contribution in [0.5, 0.6) is 0 Å². The number of piperidine rings is 1. The Kier molecular flexibility index (Phi) is 11.8. The molecular formula is C36H42F4N2O3. The maximum atomic E-state index is 13.7. The second-order valence-corrected chi connectivity index (χ2v) is 11.9. The third-order valence-corrected chi connectivity index (χ3v) is 8.83. The maximum absolute atomic E-state index is 13.7. The molecule has 1 aliphatic heterocycles. The summed E-state index contributed by atoms with van der Waals surface area (Å²) in [7, 11) is 0. The van der Waals surface area contributed by atoms with Crippen molar-refractivity contribution in [1.82, 2.24) is 10.2 Å². The molecule has 3 aromatic carbocycles. The summed E-state index contributed by atoms with van der Waals surface area (Å²) < 4.78 is 58.2. The van der Waals surface area contributed by atoms with E-state index in [1.807, 2.05) is 6.92 Å². The minimum atomic E-state index is -4.42. The second-order valence-electron chi connectivity index (χ2n) is 11.9. The molecule has 3 aromatic rings. The third-order valence-electron chi connectivity index (χ3n) is 8.83. The van der Waals surface area contributed by atoms with Gasteiger partial charge in [0.15, 0.2) is 0 Å². The summed E-state index contributed by atoms with van der Waals surface area (Å²) in [5, 5.41) is 3.13. The first-order valence-electron chi connectivity index (χ1n) is 15.8. The van der Waals surface area contributed by atoms with Crippen LogP contribution < -0.4 is 5.32 Å². The molecule has 1 saturated heterocycles. The van der Waals surface area contributed by atoms with Crippen molar-refractivity contribution in [2.75, 3.05) is 26.2 Å². The van der Waals surface area contributed by atoms with Crippen LogP contribution in [0.1, 0.15) is 80.3 Å². The van der Waals surface area contributed by atoms with Crippen molar-refractivity contribution in [3.05, 3.63) is 95.3 Å². The first-order chi connectivity index (χ1) is 21.5. The van der Waals surface area contributed by atoms with Crippen molar-refractivity contribution < 1.29 is 31.9 Å². The Morgan fingerprint density at radius 2 is 1.56 bits per heavy atom. The number of carbonyl (C=O) groups excluding carboxylic acids is 2. The number of hydrogen-bond acceptors (Lipinski definition) is 4. The quantitative estimate of drug-likeness (QED) is 0.154. The van der Waals surface area contributed by atoms with Crippen LogP contribution in [0.25, 0.3) is 11.1 Å². The highest BCUT2D eigenvalue weighted by Gasteiger charge is 2.34. The molecule has 4 rings (SSSR count). The van der Waals surface area contributed by atoms with E-state index in [4.69, 9.17) is 4.74 Å². The Balaban J connectivity index is 1.32. The molecule has 0 spiro atoms. The zero-order valence-electron chi connectivity index (χ0n) is 26.0. The lowest BCUT2D eigenvalue weighted by molar-refractivity contribution is -0.145. The number of alkyl halides is 3. The van der Waals surface area contributed by atoms with Gasteiger partial charge in [-0.15, -0.1) is 0 Å². The molecule has 0 bridgehead atoms. The highest BCUT2D eigenvalue weighted by Crippen LogP contribution is 2.37. The van der Waals surface area contributed by atoms with Gasteiger partial charge >= 0.3 is 12.1 Å². The van der Waals surface area contributed by atoms with E-state index in [2.05, 4.69) is 17.1 Å². The predicted molar refractivity (Wildman–Crippen MR) is 167 cm³/mol. The summed E-state index contributed by atoms with van der Waals surface area (Å²) in [5.74, 6) is -0.791. The average Bonchev–Trinajstić information content (AvgIpc) is 3.04. The standard InChI is InChI=1S/C36H42F4N2O3/c1-3-24-45-33(43)25-35(4-2,27-14-16-29(37)17-15-27)20-7-21-42-22-18-30(19-23-42)41-34(44)32-9-6-5-8-31(32)26-10-12-28(13-11-26)36(38,39)40/h5-6,8-17,30H,3-4,7,18-25H2,1-2H3,(H,41,44). The Morgan fingerprint density at radius 3 is 2.18 bits per heavy atom. The SMILES string of the molecule is CCCOC(=O)CC(CC)(CCCN1CCC(NC(=O)c2ccccc2-c2ccc(C(F)(F)F)cc2)CC1)c1ccc(F)cc1. The monoisotopic (exact) mass is 626 g/mol. The summed E-state index contributed by atoms with van der Waals surface area (Å²) in [6.07, 6.45) is 0.456. The molecule has 1 amide bonds. The largest absolute Gasteiger partial charge is 0.466 e. The fraction of sp³-hybridized carbons (Fsp3) is 0.444. The lowest BCUT2D eigenvalue weighted by atomic mass is 9.72. The predicted octanol–water partition coefficient (Wildman–Crippen LogP) is 8.18. The lowest BCUT2D eigenvalue weighted by Gasteiger charge is -2.35. The Labute approximate surface area is 263 Å². The summed E-state index contributed by atoms with van der Waals surface area (Å²) in [4.78, 5) is 28.3. The van der Waals surface area contributed by atoms with Crippen LogP contribution in [-0.2, 0) is 21.1 Å². The number of halogens is 4. The molecule has 0 aromatic heterocycles. The maximum Gasteiger partial charge on any atom is 0.416 e. The normalized spacial score (nSPS) is 15.8. The van der Waals surface area contributed by atoms with Gasteiger partial charge in [-0.2, -0.15) is 13.2 Å². The summed E-state index contributed by atoms with van der Waals surface area (Å²) in [6, 6.07) is 18.2. The molecule has 1 unspecified atom stereocenters. The number of likely N-dealkylation sites (tertiary alicyclic amines) is 1. The van der Waals surface area contributed by atoms with Gasteiger partial charge < -0.3 is 15.0 Å². The molecule has 1 fully saturated rings. The molecule has 0 aliphatic carbocycles. The fourth-order valence-electron chi connectivity index (χ4n) is 6.16. The zero-order chi connectivity index (χ0) is 32.5. The van der Waals surface area contributed by atoms with Crippen LogP contribution in [0.3, 0.4) is 0 Å². The molecule has 242 valence electrons. The Bertz CT molecular complexity index is 1400. The Hall–Kier alpha value is -3.72. The molecule has 5 nitrogen and oxygen atoms in total. The van der Waals surface area contributed by atoms with Crippen LogP contribution in [-0.4, -0.2) is 49.1 Å². The smallest absolute Gasteiger partial charge is 0.416 e. The van der Waals surface area contributed by atoms with Crippen molar-refractivity contribution in [2.45, 2.75) is 76.4 Å². The van der Waals surface area contributed by atoms with Crippen LogP contribution in [0.15, 0.2) is 72.8 Å². The number of amides is 1. The van der Waals surface area contributed by atoms with Gasteiger partial charge in [0.1, 0.15) is 5.82 Å². The number of hydrogen-bond donors (Lipinski definition) is 1. The van der Waals surface area contributed by atoms with Crippen molar-refractivity contribution in [3.8, 4) is 11.1 Å². The zero-order valence-corrected chi connectivity index (χ0v) is 26.0. The van der Waals surface area contributed by atoms with E-state index in [1.165, 1.54) is 24.3 Å². The van der Waals surface area contributed by atoms with Gasteiger partial charge in [0.05, 0.1) is 18.6 Å². The molecule has 45 heavy (non-hydrogen) atoms. The molecule has 0 radical (unpaired) electrons. The van der Waals surface area contributed by atoms with Crippen molar-refractivity contribution in [1.29, 1.82) is 0 Å². The molecule has 1 aliphatic rings. The third kappa shape index (κ3) is 9.16. The highest BCUT2D eigenvalue weighted by atomic mass is 19.4. The number of esters is 1. The minimum Gasteiger partial charge on any atom is -0.466 e. The highest BCUT2D eigenvalue weighted by molar-refractivity contribution is 6.01. The van der Waals surface area contributed by atoms with Gasteiger partial charge in [0, 0.05) is 30.1 Å². The molecule has 9 heteroatoms. The van der Waals surface area contributed by atoms with E-state index in [0.717, 1.165) is 75.9 Å². The second kappa shape index (κ2) is 15.5. The number of rotatable bonds is 13. The Morgan fingerprint density at radius 1 is 0.911 bits per heavy atom. The number of ether oxygens (including phenoxy) is 1. The van der Waals surface area contributed by atoms with Crippen LogP contribution in [0.2, 0.25) is 0 Å². The van der Waals surface area contributed by atoms with Crippen molar-refractivity contribution in [2.24, 2.45) is 0 Å². The minimum absolute atomic E-state index is 0.0169. The molecule has 0 saturated carbocycles. The van der Waals surface area contributed by atoms with Crippen molar-refractivity contribution >= 4 is 11.9 Å². The van der Waals surface area contributed by atoms with Gasteiger partial charge in [-0.1, -0.05) is 56.3 Å². The fourth-order valence-corrected chi connectivity index (χ4v) is 6.16. The van der Waals surface area contributed by atoms with Crippen molar-refractivity contribution in [3.63, 3.8) is 0 Å². The van der Waals surface area contributed by atoms with E-state index in [-0.39, 0.29) is 30.2 Å². The first-order valence-corrected chi connectivity index (χ1v) is 15.8. The van der Waals surface area contributed by atoms with E-state index >= 15 is 0 Å². The van der Waals surface area contributed by atoms with Crippen LogP contribution >= 0.6 is 0 Å². The molecule has 1 heterocycles. The van der Waals surface area contributed by atoms with E-state index in [0.29, 0.717) is 23.3 Å². The summed E-state index contributed by atoms with van der Waals surface area (Å²) >= 11 is 0. The van der Waals surface area contributed by atoms with Gasteiger partial charge in [0.25, 0.3) is 5.91 Å². The lowest BCUT2D eigenvalue weighted by Crippen LogP contribution is -2.45. The molecular weight excluding hydrogens is 584 g/mol. The number of nitrogens with one attached hydrogen (secondary N) is 1. The van der Waals surface area contributed by atoms with Gasteiger partial charge in [-0.3, -0.25) is 9.59 Å². The number of benzene rings is 3. The van der Waals surface area contributed by atoms with Crippen LogP contribution in [0, 0.1) is 5.82 Å². The molecule has 1 atom stereocenters. The van der Waals surface area contributed by atoms with E-state index in [1.54, 1.807) is 36.4 Å². The first kappa shape index (κ1) is 34.2. The average molecular weight is 627 g/mol.